The summed E-state index contributed by atoms with van der Waals surface area (Å²) in [5.74, 6) is -7.79. The molecule has 1 fully saturated rings. The highest BCUT2D eigenvalue weighted by atomic mass is 16.6. The first-order valence-corrected chi connectivity index (χ1v) is 16.9. The van der Waals surface area contributed by atoms with Gasteiger partial charge in [-0.05, 0) is 53.4 Å². The molecular formula is C38H52O9. The zero-order valence-electron chi connectivity index (χ0n) is 30.3. The lowest BCUT2D eigenvalue weighted by Gasteiger charge is -2.61. The van der Waals surface area contributed by atoms with Crippen LogP contribution in [0.2, 0.25) is 0 Å². The van der Waals surface area contributed by atoms with E-state index in [1.165, 1.54) is 0 Å². The summed E-state index contributed by atoms with van der Waals surface area (Å²) in [6, 6.07) is 0. The number of aliphatic hydroxyl groups is 2. The molecule has 0 bridgehead atoms. The Hall–Kier alpha value is -3.04. The van der Waals surface area contributed by atoms with Crippen LogP contribution >= 0.6 is 0 Å². The average Bonchev–Trinajstić information content (AvgIpc) is 2.96. The minimum absolute atomic E-state index is 0.108. The molecule has 2 aliphatic carbocycles. The predicted molar refractivity (Wildman–Crippen MR) is 175 cm³/mol. The average molecular weight is 653 g/mol. The van der Waals surface area contributed by atoms with Gasteiger partial charge in [0, 0.05) is 34.5 Å². The molecule has 2 heterocycles. The number of ether oxygens (including phenoxy) is 2. The third-order valence-electron chi connectivity index (χ3n) is 11.8. The summed E-state index contributed by atoms with van der Waals surface area (Å²) < 4.78 is 13.3. The van der Waals surface area contributed by atoms with Crippen LogP contribution < -0.4 is 9.47 Å². The highest BCUT2D eigenvalue weighted by molar-refractivity contribution is 6.20. The van der Waals surface area contributed by atoms with E-state index in [9.17, 15) is 34.5 Å². The number of ketones is 4. The number of fused-ring (bicyclic) bond motifs is 4. The zero-order chi connectivity index (χ0) is 35.9. The molecule has 0 amide bonds. The molecule has 1 saturated carbocycles. The Morgan fingerprint density at radius 2 is 1.34 bits per heavy atom. The molecule has 1 aromatic rings. The summed E-state index contributed by atoms with van der Waals surface area (Å²) in [4.78, 5) is 56.1. The van der Waals surface area contributed by atoms with Gasteiger partial charge in [-0.3, -0.25) is 19.2 Å². The number of aliphatic hydroxyl groups excluding tert-OH is 1. The Morgan fingerprint density at radius 3 is 1.83 bits per heavy atom. The molecule has 0 saturated heterocycles. The Labute approximate surface area is 278 Å². The Kier molecular flexibility index (Phi) is 7.68. The molecule has 0 aromatic heterocycles. The van der Waals surface area contributed by atoms with E-state index in [0.717, 1.165) is 0 Å². The van der Waals surface area contributed by atoms with Crippen LogP contribution in [0.5, 0.6) is 17.2 Å². The number of allylic oxidation sites excluding steroid dienone is 2. The van der Waals surface area contributed by atoms with Crippen molar-refractivity contribution in [3.63, 3.8) is 0 Å². The molecule has 3 N–H and O–H groups in total. The van der Waals surface area contributed by atoms with E-state index in [-0.39, 0.29) is 46.0 Å². The zero-order valence-corrected chi connectivity index (χ0v) is 30.3. The van der Waals surface area contributed by atoms with Gasteiger partial charge in [0.15, 0.2) is 23.1 Å². The van der Waals surface area contributed by atoms with Crippen LogP contribution in [-0.4, -0.2) is 50.3 Å². The van der Waals surface area contributed by atoms with Crippen LogP contribution in [0.4, 0.5) is 0 Å². The lowest BCUT2D eigenvalue weighted by Crippen LogP contribution is -2.73. The third-order valence-corrected chi connectivity index (χ3v) is 11.8. The van der Waals surface area contributed by atoms with E-state index in [0.29, 0.717) is 11.1 Å². The topological polar surface area (TPSA) is 147 Å². The number of hydrogen-bond acceptors (Lipinski definition) is 9. The molecule has 47 heavy (non-hydrogen) atoms. The van der Waals surface area contributed by atoms with Crippen molar-refractivity contribution >= 4 is 23.1 Å². The van der Waals surface area contributed by atoms with Gasteiger partial charge in [-0.1, -0.05) is 55.4 Å². The van der Waals surface area contributed by atoms with Gasteiger partial charge in [0.25, 0.3) is 0 Å². The van der Waals surface area contributed by atoms with E-state index in [1.54, 1.807) is 69.2 Å². The maximum Gasteiger partial charge on any atom is 0.226 e. The summed E-state index contributed by atoms with van der Waals surface area (Å²) in [6.45, 7) is 24.1. The number of carbonyl (C=O) groups is 4. The number of phenols is 1. The monoisotopic (exact) mass is 652 g/mol. The first-order valence-electron chi connectivity index (χ1n) is 16.9. The van der Waals surface area contributed by atoms with Crippen LogP contribution in [0.15, 0.2) is 11.3 Å². The first-order chi connectivity index (χ1) is 21.2. The molecule has 0 spiro atoms. The van der Waals surface area contributed by atoms with Crippen LogP contribution in [0.3, 0.4) is 0 Å². The van der Waals surface area contributed by atoms with Crippen LogP contribution in [0.25, 0.3) is 0 Å². The second-order valence-corrected chi connectivity index (χ2v) is 17.4. The van der Waals surface area contributed by atoms with Crippen molar-refractivity contribution in [2.24, 2.45) is 45.3 Å². The summed E-state index contributed by atoms with van der Waals surface area (Å²) in [7, 11) is 0. The lowest BCUT2D eigenvalue weighted by molar-refractivity contribution is -0.299. The molecule has 9 heteroatoms. The van der Waals surface area contributed by atoms with Gasteiger partial charge >= 0.3 is 0 Å². The predicted octanol–water partition coefficient (Wildman–Crippen LogP) is 6.25. The fourth-order valence-electron chi connectivity index (χ4n) is 9.10. The van der Waals surface area contributed by atoms with Gasteiger partial charge in [-0.15, -0.1) is 0 Å². The molecule has 5 atom stereocenters. The quantitative estimate of drug-likeness (QED) is 0.253. The van der Waals surface area contributed by atoms with E-state index in [4.69, 9.17) is 9.47 Å². The molecule has 0 radical (unpaired) electrons. The van der Waals surface area contributed by atoms with Crippen LogP contribution in [-0.2, 0) is 14.4 Å². The van der Waals surface area contributed by atoms with Crippen molar-refractivity contribution in [2.75, 3.05) is 0 Å². The third kappa shape index (κ3) is 4.20. The minimum Gasteiger partial charge on any atom is -0.507 e. The van der Waals surface area contributed by atoms with Gasteiger partial charge in [0.2, 0.25) is 5.79 Å². The van der Waals surface area contributed by atoms with Gasteiger partial charge in [0.05, 0.1) is 33.7 Å². The van der Waals surface area contributed by atoms with Crippen molar-refractivity contribution in [1.82, 2.24) is 0 Å². The summed E-state index contributed by atoms with van der Waals surface area (Å²) >= 11 is 0. The van der Waals surface area contributed by atoms with E-state index in [2.05, 4.69) is 0 Å². The van der Waals surface area contributed by atoms with Crippen molar-refractivity contribution < 1.29 is 44.0 Å². The largest absolute Gasteiger partial charge is 0.507 e. The number of aromatic hydroxyl groups is 1. The van der Waals surface area contributed by atoms with Crippen LogP contribution in [0, 0.1) is 45.3 Å². The maximum absolute atomic E-state index is 14.2. The smallest absolute Gasteiger partial charge is 0.226 e. The molecular weight excluding hydrogens is 600 g/mol. The lowest BCUT2D eigenvalue weighted by atomic mass is 9.50. The molecule has 1 unspecified atom stereocenters. The van der Waals surface area contributed by atoms with Crippen molar-refractivity contribution in [2.45, 2.75) is 121 Å². The van der Waals surface area contributed by atoms with Crippen molar-refractivity contribution in [3.8, 4) is 17.2 Å². The second kappa shape index (κ2) is 10.2. The highest BCUT2D eigenvalue weighted by Gasteiger charge is 2.72. The molecule has 258 valence electrons. The van der Waals surface area contributed by atoms with Crippen molar-refractivity contribution in [1.29, 1.82) is 0 Å². The number of rotatable bonds is 4. The molecule has 5 rings (SSSR count). The fraction of sp³-hybridized carbons (Fsp3) is 0.684. The van der Waals surface area contributed by atoms with Gasteiger partial charge in [-0.25, -0.2) is 0 Å². The number of carbonyl (C=O) groups excluding carboxylic acids is 4. The van der Waals surface area contributed by atoms with Gasteiger partial charge < -0.3 is 24.8 Å². The number of hydrogen-bond donors (Lipinski definition) is 3. The standard InChI is InChI=1S/C38H52O9/c1-15(2)18-20-26(40)23(25(39)17(5)6)28-21(27(20)46-31-22(18)29(41)34(7,8)32(43)36(31,11)12)19(16(3)4)24-30(42)35(9,10)33(44)37(13,14)38(24,45)47-28/h15-19,24,30,40,42,45H,1-14H3/t18-,19-,24-,30?,38+/m1/s1. The first kappa shape index (κ1) is 35.3. The summed E-state index contributed by atoms with van der Waals surface area (Å²) in [5, 5.41) is 36.9. The minimum atomic E-state index is -2.27. The number of phenolic OH excluding ortho intramolecular Hbond substituents is 1. The SMILES string of the molecule is CC(C)C(=O)c1c(O)c2c(c3c1O[C@@]1(O)[C@@H](C(O)C(C)(C)C(=O)C1(C)C)[C@@H]3C(C)C)OC1=C(C(=O)C(C)(C)C(=O)C1(C)C)[C@@H]2C(C)C. The normalized spacial score (nSPS) is 31.6. The maximum atomic E-state index is 14.2. The summed E-state index contributed by atoms with van der Waals surface area (Å²) in [5.41, 5.74) is -4.65. The fourth-order valence-corrected chi connectivity index (χ4v) is 9.10. The molecule has 1 aromatic carbocycles. The number of benzene rings is 1. The Bertz CT molecular complexity index is 1650. The molecule has 2 aliphatic heterocycles. The highest BCUT2D eigenvalue weighted by Crippen LogP contribution is 2.67. The molecule has 4 aliphatic rings. The van der Waals surface area contributed by atoms with Gasteiger partial charge in [-0.2, -0.15) is 0 Å². The number of Topliss-reactive ketones (excluding diaryl/α,β-unsaturated/α-hetero) is 4. The van der Waals surface area contributed by atoms with Crippen molar-refractivity contribution in [3.05, 3.63) is 28.0 Å². The summed E-state index contributed by atoms with van der Waals surface area (Å²) in [6.07, 6.45) is -1.36. The van der Waals surface area contributed by atoms with E-state index < -0.39 is 80.3 Å². The Morgan fingerprint density at radius 1 is 0.787 bits per heavy atom. The van der Waals surface area contributed by atoms with E-state index in [1.807, 2.05) is 27.7 Å². The van der Waals surface area contributed by atoms with Crippen LogP contribution in [0.1, 0.15) is 130 Å². The Balaban J connectivity index is 1.99. The van der Waals surface area contributed by atoms with Gasteiger partial charge in [0.1, 0.15) is 28.6 Å². The molecule has 9 nitrogen and oxygen atoms in total. The van der Waals surface area contributed by atoms with E-state index >= 15 is 0 Å². The second-order valence-electron chi connectivity index (χ2n) is 17.4.